The van der Waals surface area contributed by atoms with Gasteiger partial charge in [0.25, 0.3) is 11.8 Å². The molecular formula is C30H29Cl2N3O4. The van der Waals surface area contributed by atoms with Gasteiger partial charge >= 0.3 is 0 Å². The zero-order valence-electron chi connectivity index (χ0n) is 22.0. The van der Waals surface area contributed by atoms with E-state index in [1.54, 1.807) is 37.3 Å². The number of amides is 3. The molecule has 0 aromatic heterocycles. The number of carbonyl (C=O) groups excluding carboxylic acids is 3. The maximum absolute atomic E-state index is 13.7. The Morgan fingerprint density at radius 1 is 0.974 bits per heavy atom. The average Bonchev–Trinajstić information content (AvgIpc) is 3.25. The summed E-state index contributed by atoms with van der Waals surface area (Å²) in [6.45, 7) is 4.80. The van der Waals surface area contributed by atoms with Crippen molar-refractivity contribution in [2.24, 2.45) is 0 Å². The van der Waals surface area contributed by atoms with Crippen LogP contribution in [0.1, 0.15) is 51.6 Å². The second-order valence-electron chi connectivity index (χ2n) is 10.1. The van der Waals surface area contributed by atoms with Gasteiger partial charge in [0, 0.05) is 48.2 Å². The lowest BCUT2D eigenvalue weighted by molar-refractivity contribution is -0.114. The molecule has 0 radical (unpaired) electrons. The second-order valence-corrected chi connectivity index (χ2v) is 10.9. The van der Waals surface area contributed by atoms with E-state index in [2.05, 4.69) is 11.4 Å². The van der Waals surface area contributed by atoms with Crippen molar-refractivity contribution < 1.29 is 19.1 Å². The Balaban J connectivity index is 1.37. The molecule has 0 aliphatic carbocycles. The Kier molecular flexibility index (Phi) is 7.31. The molecule has 9 heteroatoms. The first kappa shape index (κ1) is 27.0. The van der Waals surface area contributed by atoms with Crippen LogP contribution in [0.25, 0.3) is 0 Å². The van der Waals surface area contributed by atoms with E-state index in [9.17, 15) is 14.4 Å². The molecule has 0 unspecified atom stereocenters. The van der Waals surface area contributed by atoms with Crippen LogP contribution in [0.4, 0.5) is 11.4 Å². The van der Waals surface area contributed by atoms with Crippen molar-refractivity contribution in [2.75, 3.05) is 37.0 Å². The third-order valence-corrected chi connectivity index (χ3v) is 8.68. The van der Waals surface area contributed by atoms with E-state index in [-0.39, 0.29) is 23.1 Å². The molecule has 0 atom stereocenters. The SMILES string of the molecule is COc1ccc(C(=O)N2CCC3(CC2)CN(C(=O)c2ccc(Cl)c(C)c2Cl)c2ccccc23)cc1NC(C)=O. The van der Waals surface area contributed by atoms with Gasteiger partial charge in [-0.25, -0.2) is 0 Å². The maximum atomic E-state index is 13.7. The highest BCUT2D eigenvalue weighted by Crippen LogP contribution is 2.48. The summed E-state index contributed by atoms with van der Waals surface area (Å²) in [6.07, 6.45) is 1.42. The van der Waals surface area contributed by atoms with Crippen LogP contribution >= 0.6 is 23.2 Å². The standard InChI is InChI=1S/C30H29Cl2N3O4/c1-18-23(31)10-9-21(27(18)32)29(38)35-17-30(22-6-4-5-7-25(22)35)12-14-34(15-13-30)28(37)20-8-11-26(39-3)24(16-20)33-19(2)36/h4-11,16H,12-15,17H2,1-3H3,(H,33,36). The molecule has 2 heterocycles. The van der Waals surface area contributed by atoms with Gasteiger partial charge in [0.1, 0.15) is 5.75 Å². The summed E-state index contributed by atoms with van der Waals surface area (Å²) in [5.74, 6) is -0.0254. The van der Waals surface area contributed by atoms with Gasteiger partial charge in [-0.2, -0.15) is 0 Å². The van der Waals surface area contributed by atoms with Crippen molar-refractivity contribution in [3.05, 3.63) is 86.9 Å². The third-order valence-electron chi connectivity index (χ3n) is 7.79. The summed E-state index contributed by atoms with van der Waals surface area (Å²) >= 11 is 12.8. The van der Waals surface area contributed by atoms with Gasteiger partial charge in [0.2, 0.25) is 5.91 Å². The number of nitrogens with zero attached hydrogens (tertiary/aromatic N) is 2. The molecule has 202 valence electrons. The van der Waals surface area contributed by atoms with E-state index in [4.69, 9.17) is 27.9 Å². The summed E-state index contributed by atoms with van der Waals surface area (Å²) in [7, 11) is 1.52. The molecule has 1 N–H and O–H groups in total. The van der Waals surface area contributed by atoms with Crippen molar-refractivity contribution in [1.82, 2.24) is 4.90 Å². The number of para-hydroxylation sites is 1. The summed E-state index contributed by atoms with van der Waals surface area (Å²) in [5.41, 5.74) is 3.76. The smallest absolute Gasteiger partial charge is 0.259 e. The quantitative estimate of drug-likeness (QED) is 0.414. The van der Waals surface area contributed by atoms with Crippen LogP contribution in [0.15, 0.2) is 54.6 Å². The number of fused-ring (bicyclic) bond motifs is 2. The summed E-state index contributed by atoms with van der Waals surface area (Å²) in [6, 6.07) is 16.4. The summed E-state index contributed by atoms with van der Waals surface area (Å²) < 4.78 is 5.32. The van der Waals surface area contributed by atoms with Gasteiger partial charge in [-0.05, 0) is 67.3 Å². The van der Waals surface area contributed by atoms with Crippen LogP contribution in [0.5, 0.6) is 5.75 Å². The molecule has 0 bridgehead atoms. The van der Waals surface area contributed by atoms with Gasteiger partial charge in [-0.15, -0.1) is 0 Å². The van der Waals surface area contributed by atoms with Crippen molar-refractivity contribution in [3.8, 4) is 5.75 Å². The molecule has 2 aliphatic heterocycles. The van der Waals surface area contributed by atoms with Crippen molar-refractivity contribution in [3.63, 3.8) is 0 Å². The molecule has 3 amide bonds. The van der Waals surface area contributed by atoms with Gasteiger partial charge < -0.3 is 19.9 Å². The Hall–Kier alpha value is -3.55. The molecule has 3 aromatic carbocycles. The molecule has 39 heavy (non-hydrogen) atoms. The normalized spacial score (nSPS) is 15.7. The van der Waals surface area contributed by atoms with Gasteiger partial charge in [0.05, 0.1) is 23.4 Å². The predicted molar refractivity (Wildman–Crippen MR) is 153 cm³/mol. The highest BCUT2D eigenvalue weighted by atomic mass is 35.5. The first-order valence-electron chi connectivity index (χ1n) is 12.8. The number of benzene rings is 3. The number of carbonyl (C=O) groups is 3. The Morgan fingerprint density at radius 2 is 1.69 bits per heavy atom. The molecule has 1 fully saturated rings. The van der Waals surface area contributed by atoms with Crippen LogP contribution < -0.4 is 15.0 Å². The Bertz CT molecular complexity index is 1480. The zero-order valence-corrected chi connectivity index (χ0v) is 23.5. The first-order chi connectivity index (χ1) is 18.6. The number of ether oxygens (including phenoxy) is 1. The lowest BCUT2D eigenvalue weighted by atomic mass is 9.74. The number of halogens is 2. The fourth-order valence-corrected chi connectivity index (χ4v) is 6.11. The van der Waals surface area contributed by atoms with E-state index in [0.29, 0.717) is 70.6 Å². The van der Waals surface area contributed by atoms with Gasteiger partial charge in [-0.3, -0.25) is 14.4 Å². The third kappa shape index (κ3) is 4.85. The number of likely N-dealkylation sites (tertiary alicyclic amines) is 1. The molecular weight excluding hydrogens is 537 g/mol. The molecule has 1 saturated heterocycles. The minimum absolute atomic E-state index is 0.109. The van der Waals surface area contributed by atoms with Gasteiger partial charge in [-0.1, -0.05) is 41.4 Å². The molecule has 1 spiro atoms. The number of rotatable bonds is 4. The number of methoxy groups -OCH3 is 1. The first-order valence-corrected chi connectivity index (χ1v) is 13.5. The second kappa shape index (κ2) is 10.5. The van der Waals surface area contributed by atoms with Crippen LogP contribution in [0, 0.1) is 6.92 Å². The lowest BCUT2D eigenvalue weighted by Gasteiger charge is -2.40. The molecule has 0 saturated carbocycles. The molecule has 3 aromatic rings. The number of hydrogen-bond acceptors (Lipinski definition) is 4. The van der Waals surface area contributed by atoms with Crippen molar-refractivity contribution in [1.29, 1.82) is 0 Å². The number of piperidine rings is 1. The highest BCUT2D eigenvalue weighted by Gasteiger charge is 2.47. The van der Waals surface area contributed by atoms with Crippen LogP contribution in [-0.4, -0.2) is 49.4 Å². The Morgan fingerprint density at radius 3 is 2.38 bits per heavy atom. The summed E-state index contributed by atoms with van der Waals surface area (Å²) in [4.78, 5) is 42.4. The van der Waals surface area contributed by atoms with E-state index in [0.717, 1.165) is 11.3 Å². The topological polar surface area (TPSA) is 79.0 Å². The highest BCUT2D eigenvalue weighted by molar-refractivity contribution is 6.38. The maximum Gasteiger partial charge on any atom is 0.259 e. The van der Waals surface area contributed by atoms with Gasteiger partial charge in [0.15, 0.2) is 0 Å². The number of anilines is 2. The van der Waals surface area contributed by atoms with Crippen LogP contribution in [0.2, 0.25) is 10.0 Å². The van der Waals surface area contributed by atoms with E-state index in [1.807, 2.05) is 28.0 Å². The van der Waals surface area contributed by atoms with Crippen molar-refractivity contribution in [2.45, 2.75) is 32.1 Å². The number of nitrogens with one attached hydrogen (secondary N) is 1. The fourth-order valence-electron chi connectivity index (χ4n) is 5.66. The monoisotopic (exact) mass is 565 g/mol. The van der Waals surface area contributed by atoms with E-state index >= 15 is 0 Å². The van der Waals surface area contributed by atoms with Crippen LogP contribution in [-0.2, 0) is 10.2 Å². The number of hydrogen-bond donors (Lipinski definition) is 1. The Labute approximate surface area is 237 Å². The minimum atomic E-state index is -0.266. The predicted octanol–water partition coefficient (Wildman–Crippen LogP) is 6.10. The lowest BCUT2D eigenvalue weighted by Crippen LogP contribution is -2.47. The van der Waals surface area contributed by atoms with E-state index < -0.39 is 0 Å². The zero-order chi connectivity index (χ0) is 27.9. The average molecular weight is 566 g/mol. The molecule has 7 nitrogen and oxygen atoms in total. The fraction of sp³-hybridized carbons (Fsp3) is 0.300. The molecule has 2 aliphatic rings. The van der Waals surface area contributed by atoms with Crippen LogP contribution in [0.3, 0.4) is 0 Å². The minimum Gasteiger partial charge on any atom is -0.495 e. The van der Waals surface area contributed by atoms with Crippen molar-refractivity contribution >= 4 is 52.3 Å². The largest absolute Gasteiger partial charge is 0.495 e. The molecule has 5 rings (SSSR count). The van der Waals surface area contributed by atoms with E-state index in [1.165, 1.54) is 14.0 Å². The summed E-state index contributed by atoms with van der Waals surface area (Å²) in [5, 5.41) is 3.61.